The second kappa shape index (κ2) is 7.89. The van der Waals surface area contributed by atoms with Crippen molar-refractivity contribution in [3.05, 3.63) is 63.6 Å². The smallest absolute Gasteiger partial charge is 0.256 e. The molecule has 1 aliphatic rings. The van der Waals surface area contributed by atoms with E-state index in [1.54, 1.807) is 10.7 Å². The van der Waals surface area contributed by atoms with Gasteiger partial charge >= 0.3 is 0 Å². The quantitative estimate of drug-likeness (QED) is 0.714. The minimum atomic E-state index is -0.171. The first-order valence-corrected chi connectivity index (χ1v) is 9.89. The van der Waals surface area contributed by atoms with Gasteiger partial charge in [-0.2, -0.15) is 5.10 Å². The molecule has 0 spiro atoms. The van der Waals surface area contributed by atoms with Crippen molar-refractivity contribution in [1.29, 1.82) is 0 Å². The Morgan fingerprint density at radius 1 is 1.36 bits per heavy atom. The Morgan fingerprint density at radius 3 is 2.93 bits per heavy atom. The number of amides is 1. The first-order valence-electron chi connectivity index (χ1n) is 9.51. The first-order chi connectivity index (χ1) is 13.5. The van der Waals surface area contributed by atoms with E-state index in [0.29, 0.717) is 24.2 Å². The van der Waals surface area contributed by atoms with Gasteiger partial charge in [0.05, 0.1) is 12.3 Å². The topological polar surface area (TPSA) is 68.5 Å². The predicted octanol–water partition coefficient (Wildman–Crippen LogP) is 3.50. The molecule has 1 aromatic carbocycles. The molecule has 1 amide bonds. The van der Waals surface area contributed by atoms with Crippen LogP contribution in [0.4, 0.5) is 0 Å². The van der Waals surface area contributed by atoms with Crippen LogP contribution in [0.25, 0.3) is 5.65 Å². The maximum atomic E-state index is 12.6. The molecule has 146 valence electrons. The lowest BCUT2D eigenvalue weighted by Gasteiger charge is -2.13. The summed E-state index contributed by atoms with van der Waals surface area (Å²) >= 11 is 6.33. The minimum Gasteiger partial charge on any atom is -0.376 e. The number of fused-ring (bicyclic) bond motifs is 1. The van der Waals surface area contributed by atoms with E-state index in [1.807, 2.05) is 38.1 Å². The van der Waals surface area contributed by atoms with Crippen LogP contribution in [0.1, 0.15) is 45.7 Å². The van der Waals surface area contributed by atoms with Gasteiger partial charge in [0.15, 0.2) is 5.65 Å². The molecule has 1 saturated heterocycles. The standard InChI is InChI=1S/C21H23ClN4O2/c1-13-17(10-15-6-3-4-8-19(15)22)14(2)26-20(25-13)18(12-24-26)21(27)23-11-16-7-5-9-28-16/h3-4,6,8,12,16H,5,7,9-11H2,1-2H3,(H,23,27)/t16-/m0/s1. The van der Waals surface area contributed by atoms with Gasteiger partial charge in [-0.1, -0.05) is 29.8 Å². The third kappa shape index (κ3) is 3.62. The van der Waals surface area contributed by atoms with Crippen LogP contribution in [0, 0.1) is 13.8 Å². The summed E-state index contributed by atoms with van der Waals surface area (Å²) in [6.45, 7) is 5.24. The summed E-state index contributed by atoms with van der Waals surface area (Å²) in [6.07, 6.45) is 4.38. The van der Waals surface area contributed by atoms with Crippen LogP contribution in [0.2, 0.25) is 5.02 Å². The van der Waals surface area contributed by atoms with Crippen molar-refractivity contribution >= 4 is 23.2 Å². The van der Waals surface area contributed by atoms with E-state index in [2.05, 4.69) is 15.4 Å². The second-order valence-electron chi connectivity index (χ2n) is 7.17. The van der Waals surface area contributed by atoms with E-state index >= 15 is 0 Å². The molecule has 0 aliphatic carbocycles. The number of rotatable bonds is 5. The highest BCUT2D eigenvalue weighted by atomic mass is 35.5. The fourth-order valence-corrected chi connectivity index (χ4v) is 3.87. The zero-order valence-corrected chi connectivity index (χ0v) is 16.8. The summed E-state index contributed by atoms with van der Waals surface area (Å²) in [5.41, 5.74) is 4.99. The fraction of sp³-hybridized carbons (Fsp3) is 0.381. The average Bonchev–Trinajstić information content (AvgIpc) is 3.34. The largest absolute Gasteiger partial charge is 0.376 e. The molecule has 0 bridgehead atoms. The lowest BCUT2D eigenvalue weighted by atomic mass is 10.0. The molecule has 3 aromatic rings. The SMILES string of the molecule is Cc1nc2c(C(=O)NC[C@@H]3CCCO3)cnn2c(C)c1Cc1ccccc1Cl. The number of halogens is 1. The van der Waals surface area contributed by atoms with E-state index < -0.39 is 0 Å². The molecule has 6 nitrogen and oxygen atoms in total. The molecule has 1 atom stereocenters. The van der Waals surface area contributed by atoms with Gasteiger partial charge in [0, 0.05) is 36.0 Å². The van der Waals surface area contributed by atoms with Gasteiger partial charge in [0.2, 0.25) is 0 Å². The molecule has 1 fully saturated rings. The predicted molar refractivity (Wildman–Crippen MR) is 108 cm³/mol. The molecule has 0 radical (unpaired) electrons. The van der Waals surface area contributed by atoms with E-state index in [0.717, 1.165) is 47.0 Å². The van der Waals surface area contributed by atoms with Crippen molar-refractivity contribution in [2.75, 3.05) is 13.2 Å². The maximum absolute atomic E-state index is 12.6. The third-order valence-corrected chi connectivity index (χ3v) is 5.66. The summed E-state index contributed by atoms with van der Waals surface area (Å²) < 4.78 is 7.30. The molecule has 4 rings (SSSR count). The number of aryl methyl sites for hydroxylation is 2. The van der Waals surface area contributed by atoms with Crippen LogP contribution in [-0.2, 0) is 11.2 Å². The van der Waals surface area contributed by atoms with Crippen LogP contribution in [0.5, 0.6) is 0 Å². The van der Waals surface area contributed by atoms with E-state index in [4.69, 9.17) is 16.3 Å². The van der Waals surface area contributed by atoms with Crippen molar-refractivity contribution in [1.82, 2.24) is 19.9 Å². The summed E-state index contributed by atoms with van der Waals surface area (Å²) in [5, 5.41) is 8.09. The minimum absolute atomic E-state index is 0.101. The summed E-state index contributed by atoms with van der Waals surface area (Å²) in [7, 11) is 0. The van der Waals surface area contributed by atoms with E-state index in [-0.39, 0.29) is 12.0 Å². The molecule has 3 heterocycles. The normalized spacial score (nSPS) is 16.6. The zero-order valence-electron chi connectivity index (χ0n) is 16.0. The van der Waals surface area contributed by atoms with Gasteiger partial charge in [-0.15, -0.1) is 0 Å². The second-order valence-corrected chi connectivity index (χ2v) is 7.58. The Balaban J connectivity index is 1.61. The fourth-order valence-electron chi connectivity index (χ4n) is 3.67. The van der Waals surface area contributed by atoms with Crippen molar-refractivity contribution in [2.45, 2.75) is 39.2 Å². The summed E-state index contributed by atoms with van der Waals surface area (Å²) in [4.78, 5) is 17.3. The number of nitrogens with zero attached hydrogens (tertiary/aromatic N) is 3. The Labute approximate surface area is 168 Å². The van der Waals surface area contributed by atoms with Gasteiger partial charge in [0.1, 0.15) is 5.56 Å². The van der Waals surface area contributed by atoms with Crippen LogP contribution in [0.3, 0.4) is 0 Å². The lowest BCUT2D eigenvalue weighted by Crippen LogP contribution is -2.31. The van der Waals surface area contributed by atoms with E-state index in [9.17, 15) is 4.79 Å². The van der Waals surface area contributed by atoms with Crippen molar-refractivity contribution in [3.8, 4) is 0 Å². The van der Waals surface area contributed by atoms with Crippen molar-refractivity contribution in [3.63, 3.8) is 0 Å². The number of carbonyl (C=O) groups is 1. The van der Waals surface area contributed by atoms with Crippen LogP contribution >= 0.6 is 11.6 Å². The molecule has 0 saturated carbocycles. The molecular weight excluding hydrogens is 376 g/mol. The highest BCUT2D eigenvalue weighted by Gasteiger charge is 2.21. The van der Waals surface area contributed by atoms with Gasteiger partial charge in [-0.3, -0.25) is 4.79 Å². The van der Waals surface area contributed by atoms with Crippen molar-refractivity contribution < 1.29 is 9.53 Å². The Kier molecular flexibility index (Phi) is 5.33. The Morgan fingerprint density at radius 2 is 2.18 bits per heavy atom. The molecule has 2 aromatic heterocycles. The number of nitrogens with one attached hydrogen (secondary N) is 1. The number of ether oxygens (including phenoxy) is 1. The number of hydrogen-bond acceptors (Lipinski definition) is 4. The third-order valence-electron chi connectivity index (χ3n) is 5.29. The lowest BCUT2D eigenvalue weighted by molar-refractivity contribution is 0.0859. The highest BCUT2D eigenvalue weighted by molar-refractivity contribution is 6.31. The van der Waals surface area contributed by atoms with Crippen LogP contribution in [-0.4, -0.2) is 39.8 Å². The zero-order chi connectivity index (χ0) is 19.7. The van der Waals surface area contributed by atoms with Crippen molar-refractivity contribution in [2.24, 2.45) is 0 Å². The van der Waals surface area contributed by atoms with Gasteiger partial charge < -0.3 is 10.1 Å². The van der Waals surface area contributed by atoms with Gasteiger partial charge in [-0.25, -0.2) is 9.50 Å². The average molecular weight is 399 g/mol. The molecule has 1 aliphatic heterocycles. The van der Waals surface area contributed by atoms with Gasteiger partial charge in [-0.05, 0) is 43.9 Å². The Hall–Kier alpha value is -2.44. The number of carbonyl (C=O) groups excluding carboxylic acids is 1. The Bertz CT molecular complexity index is 1020. The molecule has 7 heteroatoms. The van der Waals surface area contributed by atoms with Gasteiger partial charge in [0.25, 0.3) is 5.91 Å². The van der Waals surface area contributed by atoms with Crippen LogP contribution in [0.15, 0.2) is 30.5 Å². The van der Waals surface area contributed by atoms with E-state index in [1.165, 1.54) is 0 Å². The monoisotopic (exact) mass is 398 g/mol. The number of benzene rings is 1. The molecule has 1 N–H and O–H groups in total. The molecule has 28 heavy (non-hydrogen) atoms. The number of aromatic nitrogens is 3. The highest BCUT2D eigenvalue weighted by Crippen LogP contribution is 2.24. The number of hydrogen-bond donors (Lipinski definition) is 1. The first kappa shape index (κ1) is 18.9. The summed E-state index contributed by atoms with van der Waals surface area (Å²) in [5.74, 6) is -0.171. The molecular formula is C21H23ClN4O2. The van der Waals surface area contributed by atoms with Crippen LogP contribution < -0.4 is 5.32 Å². The summed E-state index contributed by atoms with van der Waals surface area (Å²) in [6, 6.07) is 7.79. The maximum Gasteiger partial charge on any atom is 0.256 e. The molecule has 0 unspecified atom stereocenters.